The van der Waals surface area contributed by atoms with Gasteiger partial charge in [0.2, 0.25) is 0 Å². The van der Waals surface area contributed by atoms with Crippen LogP contribution in [0.25, 0.3) is 0 Å². The molecule has 16 heavy (non-hydrogen) atoms. The highest BCUT2D eigenvalue weighted by molar-refractivity contribution is 6.32. The van der Waals surface area contributed by atoms with E-state index in [4.69, 9.17) is 27.2 Å². The molecule has 5 heteroatoms. The number of benzene rings is 1. The quantitative estimate of drug-likeness (QED) is 0.779. The van der Waals surface area contributed by atoms with Gasteiger partial charge in [0, 0.05) is 5.56 Å². The number of aryl methyl sites for hydroxylation is 1. The number of aliphatic hydroxyl groups is 1. The molecular formula is C11H14ClNO3. The molecule has 4 nitrogen and oxygen atoms in total. The van der Waals surface area contributed by atoms with Crippen LogP contribution in [0.1, 0.15) is 15.9 Å². The van der Waals surface area contributed by atoms with E-state index in [2.05, 4.69) is 0 Å². The minimum Gasteiger partial charge on any atom is -0.495 e. The molecule has 0 saturated heterocycles. The summed E-state index contributed by atoms with van der Waals surface area (Å²) in [5, 5.41) is 9.17. The molecule has 1 aromatic carbocycles. The van der Waals surface area contributed by atoms with Gasteiger partial charge in [0.1, 0.15) is 5.75 Å². The van der Waals surface area contributed by atoms with Crippen molar-refractivity contribution in [2.75, 3.05) is 13.7 Å². The minimum atomic E-state index is -0.914. The van der Waals surface area contributed by atoms with Crippen LogP contribution < -0.4 is 10.5 Å². The standard InChI is InChI=1S/C11H14ClNO3/c1-6-3-10(16-2)8(12)4-7(6)11(15)9(13)5-14/h3-4,9,14H,5,13H2,1-2H3. The summed E-state index contributed by atoms with van der Waals surface area (Å²) in [5.74, 6) is 0.179. The van der Waals surface area contributed by atoms with E-state index in [0.29, 0.717) is 16.3 Å². The van der Waals surface area contributed by atoms with Gasteiger partial charge in [-0.15, -0.1) is 0 Å². The van der Waals surface area contributed by atoms with Gasteiger partial charge in [-0.2, -0.15) is 0 Å². The molecule has 1 unspecified atom stereocenters. The molecule has 0 heterocycles. The Bertz CT molecular complexity index is 406. The van der Waals surface area contributed by atoms with Crippen LogP contribution in [0.4, 0.5) is 0 Å². The fourth-order valence-corrected chi connectivity index (χ4v) is 1.60. The highest BCUT2D eigenvalue weighted by Gasteiger charge is 2.18. The first-order chi connectivity index (χ1) is 7.51. The molecule has 3 N–H and O–H groups in total. The smallest absolute Gasteiger partial charge is 0.182 e. The summed E-state index contributed by atoms with van der Waals surface area (Å²) in [6.07, 6.45) is 0. The van der Waals surface area contributed by atoms with Gasteiger partial charge in [0.25, 0.3) is 0 Å². The molecule has 88 valence electrons. The Morgan fingerprint density at radius 3 is 2.75 bits per heavy atom. The number of carbonyl (C=O) groups excluding carboxylic acids is 1. The van der Waals surface area contributed by atoms with Gasteiger partial charge < -0.3 is 15.6 Å². The molecule has 0 spiro atoms. The lowest BCUT2D eigenvalue weighted by Crippen LogP contribution is -2.34. The zero-order valence-corrected chi connectivity index (χ0v) is 9.91. The molecule has 0 fully saturated rings. The molecule has 1 aromatic rings. The average Bonchev–Trinajstić information content (AvgIpc) is 2.29. The van der Waals surface area contributed by atoms with Crippen molar-refractivity contribution in [2.24, 2.45) is 5.73 Å². The second-order valence-corrected chi connectivity index (χ2v) is 3.86. The van der Waals surface area contributed by atoms with E-state index in [1.807, 2.05) is 0 Å². The molecule has 0 radical (unpaired) electrons. The van der Waals surface area contributed by atoms with Crippen LogP contribution in [0.5, 0.6) is 5.75 Å². The Kier molecular flexibility index (Phi) is 4.29. The Balaban J connectivity index is 3.16. The third-order valence-corrected chi connectivity index (χ3v) is 2.59. The number of ether oxygens (including phenoxy) is 1. The Morgan fingerprint density at radius 2 is 2.25 bits per heavy atom. The topological polar surface area (TPSA) is 72.5 Å². The molecule has 1 rings (SSSR count). The molecule has 0 saturated carbocycles. The van der Waals surface area contributed by atoms with E-state index in [9.17, 15) is 4.79 Å². The van der Waals surface area contributed by atoms with Crippen LogP contribution >= 0.6 is 11.6 Å². The zero-order valence-electron chi connectivity index (χ0n) is 9.16. The Hall–Kier alpha value is -1.10. The normalized spacial score (nSPS) is 12.3. The Morgan fingerprint density at radius 1 is 1.62 bits per heavy atom. The Labute approximate surface area is 99.0 Å². The molecule has 0 aromatic heterocycles. The maximum absolute atomic E-state index is 11.8. The fraction of sp³-hybridized carbons (Fsp3) is 0.364. The second kappa shape index (κ2) is 5.30. The lowest BCUT2D eigenvalue weighted by molar-refractivity contribution is 0.0924. The first-order valence-corrected chi connectivity index (χ1v) is 5.13. The summed E-state index contributed by atoms with van der Waals surface area (Å²) in [7, 11) is 1.50. The first kappa shape index (κ1) is 13.0. The predicted molar refractivity (Wildman–Crippen MR) is 62.1 cm³/mol. The third-order valence-electron chi connectivity index (χ3n) is 2.30. The summed E-state index contributed by atoms with van der Waals surface area (Å²) in [6.45, 7) is 1.37. The summed E-state index contributed by atoms with van der Waals surface area (Å²) in [6, 6.07) is 2.26. The van der Waals surface area contributed by atoms with Gasteiger partial charge in [-0.3, -0.25) is 4.79 Å². The van der Waals surface area contributed by atoms with Crippen molar-refractivity contribution in [3.8, 4) is 5.75 Å². The number of rotatable bonds is 4. The molecule has 0 aliphatic heterocycles. The van der Waals surface area contributed by atoms with Crippen LogP contribution in [0.15, 0.2) is 12.1 Å². The van der Waals surface area contributed by atoms with Crippen molar-refractivity contribution in [1.82, 2.24) is 0 Å². The van der Waals surface area contributed by atoms with Crippen molar-refractivity contribution < 1.29 is 14.6 Å². The number of Topliss-reactive ketones (excluding diaryl/α,β-unsaturated/α-hetero) is 1. The van der Waals surface area contributed by atoms with Crippen molar-refractivity contribution in [2.45, 2.75) is 13.0 Å². The molecule has 0 bridgehead atoms. The molecule has 0 aliphatic carbocycles. The van der Waals surface area contributed by atoms with Crippen LogP contribution in [0.2, 0.25) is 5.02 Å². The number of hydrogen-bond acceptors (Lipinski definition) is 4. The fourth-order valence-electron chi connectivity index (χ4n) is 1.36. The molecule has 0 aliphatic rings. The van der Waals surface area contributed by atoms with E-state index in [0.717, 1.165) is 5.56 Å². The summed E-state index contributed by atoms with van der Waals surface area (Å²) >= 11 is 5.91. The summed E-state index contributed by atoms with van der Waals surface area (Å²) in [5.41, 5.74) is 6.59. The molecule has 1 atom stereocenters. The average molecular weight is 244 g/mol. The van der Waals surface area contributed by atoms with Gasteiger partial charge in [-0.1, -0.05) is 11.6 Å². The first-order valence-electron chi connectivity index (χ1n) is 4.76. The van der Waals surface area contributed by atoms with Crippen LogP contribution in [-0.4, -0.2) is 30.6 Å². The lowest BCUT2D eigenvalue weighted by atomic mass is 10.00. The predicted octanol–water partition coefficient (Wildman–Crippen LogP) is 1.16. The minimum absolute atomic E-state index is 0.329. The number of aliphatic hydroxyl groups excluding tert-OH is 1. The van der Waals surface area contributed by atoms with E-state index in [-0.39, 0.29) is 12.4 Å². The van der Waals surface area contributed by atoms with Gasteiger partial charge in [-0.05, 0) is 24.6 Å². The summed E-state index contributed by atoms with van der Waals surface area (Å²) in [4.78, 5) is 11.8. The third kappa shape index (κ3) is 2.52. The largest absolute Gasteiger partial charge is 0.495 e. The molecular weight excluding hydrogens is 230 g/mol. The number of carbonyl (C=O) groups is 1. The van der Waals surface area contributed by atoms with Crippen molar-refractivity contribution in [1.29, 1.82) is 0 Å². The van der Waals surface area contributed by atoms with Gasteiger partial charge in [0.15, 0.2) is 5.78 Å². The van der Waals surface area contributed by atoms with Crippen molar-refractivity contribution in [3.63, 3.8) is 0 Å². The lowest BCUT2D eigenvalue weighted by Gasteiger charge is -2.12. The van der Waals surface area contributed by atoms with Crippen molar-refractivity contribution >= 4 is 17.4 Å². The van der Waals surface area contributed by atoms with E-state index in [1.54, 1.807) is 13.0 Å². The molecule has 0 amide bonds. The number of hydrogen-bond donors (Lipinski definition) is 2. The van der Waals surface area contributed by atoms with Crippen LogP contribution in [0, 0.1) is 6.92 Å². The summed E-state index contributed by atoms with van der Waals surface area (Å²) < 4.78 is 5.02. The number of methoxy groups -OCH3 is 1. The number of ketones is 1. The zero-order chi connectivity index (χ0) is 12.3. The van der Waals surface area contributed by atoms with Gasteiger partial charge >= 0.3 is 0 Å². The highest BCUT2D eigenvalue weighted by Crippen LogP contribution is 2.28. The van der Waals surface area contributed by atoms with E-state index < -0.39 is 6.04 Å². The monoisotopic (exact) mass is 243 g/mol. The number of halogens is 1. The maximum atomic E-state index is 11.8. The highest BCUT2D eigenvalue weighted by atomic mass is 35.5. The SMILES string of the molecule is COc1cc(C)c(C(=O)C(N)CO)cc1Cl. The van der Waals surface area contributed by atoms with E-state index >= 15 is 0 Å². The van der Waals surface area contributed by atoms with Gasteiger partial charge in [-0.25, -0.2) is 0 Å². The van der Waals surface area contributed by atoms with Crippen molar-refractivity contribution in [3.05, 3.63) is 28.3 Å². The van der Waals surface area contributed by atoms with Crippen LogP contribution in [0.3, 0.4) is 0 Å². The number of nitrogens with two attached hydrogens (primary N) is 1. The van der Waals surface area contributed by atoms with E-state index in [1.165, 1.54) is 13.2 Å². The van der Waals surface area contributed by atoms with Gasteiger partial charge in [0.05, 0.1) is 24.8 Å². The maximum Gasteiger partial charge on any atom is 0.182 e. The van der Waals surface area contributed by atoms with Crippen LogP contribution in [-0.2, 0) is 0 Å². The second-order valence-electron chi connectivity index (χ2n) is 3.45.